The number of hydrogen-bond donors (Lipinski definition) is 1. The molecule has 0 unspecified atom stereocenters. The second-order valence-electron chi connectivity index (χ2n) is 7.91. The molecule has 6 nitrogen and oxygen atoms in total. The van der Waals surface area contributed by atoms with E-state index >= 15 is 0 Å². The van der Waals surface area contributed by atoms with Crippen LogP contribution >= 0.6 is 11.3 Å². The summed E-state index contributed by atoms with van der Waals surface area (Å²) >= 11 is 1.46. The minimum Gasteiger partial charge on any atom is -0.485 e. The first-order valence-electron chi connectivity index (χ1n) is 10.9. The Morgan fingerprint density at radius 1 is 1.12 bits per heavy atom. The predicted molar refractivity (Wildman–Crippen MR) is 124 cm³/mol. The molecule has 3 aromatic rings. The van der Waals surface area contributed by atoms with Crippen LogP contribution in [0.4, 0.5) is 5.00 Å². The molecule has 168 valence electrons. The van der Waals surface area contributed by atoms with E-state index in [9.17, 15) is 9.59 Å². The fraction of sp³-hybridized carbons (Fsp3) is 0.360. The number of furan rings is 1. The molecule has 0 saturated carbocycles. The standard InChI is InChI=1S/C25H27NO5S/c1-4-29-25(28)22-18-7-5-6-8-21(18)32-24(22)26-23(27)19-12-11-17(31-19)14-30-20-13-15(2)9-10-16(20)3/h9-13H,4-8,14H2,1-3H3,(H,26,27). The van der Waals surface area contributed by atoms with Crippen molar-refractivity contribution in [2.45, 2.75) is 53.1 Å². The first kappa shape index (κ1) is 22.1. The minimum absolute atomic E-state index is 0.172. The molecule has 0 radical (unpaired) electrons. The number of esters is 1. The maximum Gasteiger partial charge on any atom is 0.341 e. The molecule has 1 aliphatic carbocycles. The normalized spacial score (nSPS) is 12.8. The number of anilines is 1. The van der Waals surface area contributed by atoms with Crippen LogP contribution in [-0.4, -0.2) is 18.5 Å². The van der Waals surface area contributed by atoms with Gasteiger partial charge in [0, 0.05) is 4.88 Å². The summed E-state index contributed by atoms with van der Waals surface area (Å²) < 4.78 is 16.8. The van der Waals surface area contributed by atoms with E-state index in [0.717, 1.165) is 53.0 Å². The Bertz CT molecular complexity index is 1140. The van der Waals surface area contributed by atoms with Crippen LogP contribution in [0, 0.1) is 13.8 Å². The molecule has 7 heteroatoms. The average molecular weight is 454 g/mol. The smallest absolute Gasteiger partial charge is 0.341 e. The van der Waals surface area contributed by atoms with Crippen LogP contribution in [0.1, 0.15) is 68.0 Å². The van der Waals surface area contributed by atoms with Gasteiger partial charge in [0.15, 0.2) is 5.76 Å². The van der Waals surface area contributed by atoms with Crippen LogP contribution in [-0.2, 0) is 24.2 Å². The van der Waals surface area contributed by atoms with Crippen LogP contribution in [0.5, 0.6) is 5.75 Å². The largest absolute Gasteiger partial charge is 0.485 e. The third-order valence-corrected chi connectivity index (χ3v) is 6.68. The predicted octanol–water partition coefficient (Wildman–Crippen LogP) is 5.84. The van der Waals surface area contributed by atoms with Gasteiger partial charge in [0.05, 0.1) is 12.2 Å². The molecule has 0 spiro atoms. The van der Waals surface area contributed by atoms with Crippen molar-refractivity contribution in [3.05, 3.63) is 69.0 Å². The van der Waals surface area contributed by atoms with Gasteiger partial charge in [-0.25, -0.2) is 4.79 Å². The summed E-state index contributed by atoms with van der Waals surface area (Å²) in [6.07, 6.45) is 3.87. The van der Waals surface area contributed by atoms with Gasteiger partial charge in [-0.3, -0.25) is 4.79 Å². The monoisotopic (exact) mass is 453 g/mol. The zero-order chi connectivity index (χ0) is 22.7. The van der Waals surface area contributed by atoms with Gasteiger partial charge in [0.25, 0.3) is 5.91 Å². The van der Waals surface area contributed by atoms with Crippen molar-refractivity contribution < 1.29 is 23.5 Å². The van der Waals surface area contributed by atoms with Gasteiger partial charge in [-0.15, -0.1) is 11.3 Å². The molecule has 0 atom stereocenters. The van der Waals surface area contributed by atoms with Crippen LogP contribution in [0.15, 0.2) is 34.7 Å². The molecule has 1 aromatic carbocycles. The molecular weight excluding hydrogens is 426 g/mol. The van der Waals surface area contributed by atoms with Crippen molar-refractivity contribution in [2.24, 2.45) is 0 Å². The molecule has 2 aromatic heterocycles. The second-order valence-corrected chi connectivity index (χ2v) is 9.02. The van der Waals surface area contributed by atoms with Crippen molar-refractivity contribution in [3.8, 4) is 5.75 Å². The number of ether oxygens (including phenoxy) is 2. The highest BCUT2D eigenvalue weighted by Gasteiger charge is 2.28. The Balaban J connectivity index is 1.48. The van der Waals surface area contributed by atoms with Crippen molar-refractivity contribution in [1.82, 2.24) is 0 Å². The summed E-state index contributed by atoms with van der Waals surface area (Å²) in [4.78, 5) is 26.6. The van der Waals surface area contributed by atoms with E-state index in [4.69, 9.17) is 13.9 Å². The maximum atomic E-state index is 12.9. The summed E-state index contributed by atoms with van der Waals surface area (Å²) in [6, 6.07) is 9.36. The number of carbonyl (C=O) groups excluding carboxylic acids is 2. The lowest BCUT2D eigenvalue weighted by Gasteiger charge is -2.12. The highest BCUT2D eigenvalue weighted by atomic mass is 32.1. The van der Waals surface area contributed by atoms with Crippen LogP contribution in [0.3, 0.4) is 0 Å². The number of thiophene rings is 1. The van der Waals surface area contributed by atoms with E-state index in [-0.39, 0.29) is 18.3 Å². The van der Waals surface area contributed by atoms with Crippen molar-refractivity contribution in [1.29, 1.82) is 0 Å². The van der Waals surface area contributed by atoms with Gasteiger partial charge in [-0.1, -0.05) is 12.1 Å². The Hall–Kier alpha value is -3.06. The average Bonchev–Trinajstić information content (AvgIpc) is 3.39. The lowest BCUT2D eigenvalue weighted by Crippen LogP contribution is -2.15. The topological polar surface area (TPSA) is 77.8 Å². The maximum absolute atomic E-state index is 12.9. The molecule has 0 aliphatic heterocycles. The van der Waals surface area contributed by atoms with Crippen LogP contribution in [0.2, 0.25) is 0 Å². The number of amides is 1. The van der Waals surface area contributed by atoms with Crippen LogP contribution < -0.4 is 10.1 Å². The number of hydrogen-bond acceptors (Lipinski definition) is 6. The SMILES string of the molecule is CCOC(=O)c1c(NC(=O)c2ccc(COc3cc(C)ccc3C)o2)sc2c1CCCC2. The van der Waals surface area contributed by atoms with Crippen molar-refractivity contribution >= 4 is 28.2 Å². The van der Waals surface area contributed by atoms with E-state index in [2.05, 4.69) is 5.32 Å². The summed E-state index contributed by atoms with van der Waals surface area (Å²) in [5.74, 6) is 0.727. The van der Waals surface area contributed by atoms with Crippen molar-refractivity contribution in [3.63, 3.8) is 0 Å². The molecule has 0 fully saturated rings. The summed E-state index contributed by atoms with van der Waals surface area (Å²) in [5.41, 5.74) is 3.65. The zero-order valence-corrected chi connectivity index (χ0v) is 19.4. The van der Waals surface area contributed by atoms with E-state index in [1.54, 1.807) is 19.1 Å². The number of carbonyl (C=O) groups is 2. The highest BCUT2D eigenvalue weighted by molar-refractivity contribution is 7.17. The fourth-order valence-corrected chi connectivity index (χ4v) is 5.10. The molecule has 0 saturated heterocycles. The molecule has 0 bridgehead atoms. The Morgan fingerprint density at radius 2 is 1.94 bits per heavy atom. The molecule has 4 rings (SSSR count). The van der Waals surface area contributed by atoms with E-state index < -0.39 is 5.91 Å². The molecule has 1 amide bonds. The number of rotatable bonds is 7. The summed E-state index contributed by atoms with van der Waals surface area (Å²) in [5, 5.41) is 3.40. The highest BCUT2D eigenvalue weighted by Crippen LogP contribution is 2.39. The number of nitrogens with one attached hydrogen (secondary N) is 1. The zero-order valence-electron chi connectivity index (χ0n) is 18.6. The third-order valence-electron chi connectivity index (χ3n) is 5.48. The molecule has 1 N–H and O–H groups in total. The van der Waals surface area contributed by atoms with E-state index in [1.807, 2.05) is 32.0 Å². The van der Waals surface area contributed by atoms with E-state index in [0.29, 0.717) is 22.9 Å². The molecule has 2 heterocycles. The molecule has 32 heavy (non-hydrogen) atoms. The Morgan fingerprint density at radius 3 is 2.75 bits per heavy atom. The van der Waals surface area contributed by atoms with Gasteiger partial charge in [-0.2, -0.15) is 0 Å². The summed E-state index contributed by atoms with van der Waals surface area (Å²) in [6.45, 7) is 6.28. The summed E-state index contributed by atoms with van der Waals surface area (Å²) in [7, 11) is 0. The van der Waals surface area contributed by atoms with Gasteiger partial charge >= 0.3 is 5.97 Å². The van der Waals surface area contributed by atoms with Gasteiger partial charge in [0.1, 0.15) is 23.1 Å². The van der Waals surface area contributed by atoms with Gasteiger partial charge < -0.3 is 19.2 Å². The number of aryl methyl sites for hydroxylation is 3. The van der Waals surface area contributed by atoms with E-state index in [1.165, 1.54) is 11.3 Å². The Kier molecular flexibility index (Phi) is 6.65. The first-order valence-corrected chi connectivity index (χ1v) is 11.7. The number of benzene rings is 1. The third kappa shape index (κ3) is 4.72. The lowest BCUT2D eigenvalue weighted by atomic mass is 9.95. The first-order chi connectivity index (χ1) is 15.5. The van der Waals surface area contributed by atoms with Gasteiger partial charge in [-0.05, 0) is 81.3 Å². The number of fused-ring (bicyclic) bond motifs is 1. The van der Waals surface area contributed by atoms with Gasteiger partial charge in [0.2, 0.25) is 0 Å². The Labute approximate surface area is 191 Å². The second kappa shape index (κ2) is 9.61. The lowest BCUT2D eigenvalue weighted by molar-refractivity contribution is 0.0526. The minimum atomic E-state index is -0.396. The molecule has 1 aliphatic rings. The van der Waals surface area contributed by atoms with Crippen molar-refractivity contribution in [2.75, 3.05) is 11.9 Å². The van der Waals surface area contributed by atoms with Crippen LogP contribution in [0.25, 0.3) is 0 Å². The quantitative estimate of drug-likeness (QED) is 0.455. The molecular formula is C25H27NO5S. The fourth-order valence-electron chi connectivity index (χ4n) is 3.83.